The Hall–Kier alpha value is -6.85. The predicted octanol–water partition coefficient (Wildman–Crippen LogP) is 5.00. The van der Waals surface area contributed by atoms with Gasteiger partial charge in [-0.15, -0.1) is 0 Å². The van der Waals surface area contributed by atoms with Gasteiger partial charge in [0.2, 0.25) is 11.8 Å². The van der Waals surface area contributed by atoms with Crippen LogP contribution in [0.2, 0.25) is 0 Å². The van der Waals surface area contributed by atoms with Crippen molar-refractivity contribution in [1.29, 1.82) is 5.26 Å². The van der Waals surface area contributed by atoms with Gasteiger partial charge in [0, 0.05) is 87.4 Å². The van der Waals surface area contributed by atoms with E-state index in [1.807, 2.05) is 72.9 Å². The van der Waals surface area contributed by atoms with Crippen molar-refractivity contribution in [3.8, 4) is 34.3 Å². The van der Waals surface area contributed by atoms with Crippen LogP contribution in [0.5, 0.6) is 5.75 Å². The van der Waals surface area contributed by atoms with Crippen LogP contribution in [0.1, 0.15) is 77.8 Å². The number of nitrogens with zero attached hydrogens (tertiary/aromatic N) is 11. The minimum atomic E-state index is -0.660. The SMILES string of the molecule is COc1cc(N2CCN(C3CCC(n4cc(-c5cn6ncc(C#N)c6c(-c6ccc(N7C[C@H](CO)N(C(=O)OC(C)(C)C)[C@@H](C)C7)nc6)n5)cn4)CC3)CC2)c(F)cc1NC1CCC(=O)NC1=O. The summed E-state index contributed by atoms with van der Waals surface area (Å²) in [5.41, 5.74) is 3.85. The van der Waals surface area contributed by atoms with Gasteiger partial charge in [0.15, 0.2) is 0 Å². The summed E-state index contributed by atoms with van der Waals surface area (Å²) >= 11 is 0. The molecule has 4 aliphatic rings. The number of methoxy groups -OCH3 is 1. The Morgan fingerprint density at radius 1 is 0.971 bits per heavy atom. The van der Waals surface area contributed by atoms with E-state index >= 15 is 4.39 Å². The number of benzene rings is 1. The number of piperazine rings is 2. The molecule has 7 heterocycles. The highest BCUT2D eigenvalue weighted by molar-refractivity contribution is 6.01. The Labute approximate surface area is 393 Å². The lowest BCUT2D eigenvalue weighted by molar-refractivity contribution is -0.133. The summed E-state index contributed by atoms with van der Waals surface area (Å²) in [6.07, 6.45) is 12.9. The highest BCUT2D eigenvalue weighted by Gasteiger charge is 2.38. The lowest BCUT2D eigenvalue weighted by Crippen LogP contribution is -2.61. The standard InChI is InChI=1S/C48H58FN13O6/c1-29-24-59(26-35(28-63)62(29)47(66)68-48(2,3)4)42-12-6-30(21-51-42)44-45-31(20-50)22-53-61(45)27-39(55-44)32-23-52-60(25-32)34-9-7-33(8-10-34)57-14-16-58(17-15-57)40-19-41(67-5)38(18-36(40)49)54-37-11-13-43(64)56-46(37)65/h6,12,18-19,21-23,25,27,29,33-35,37,54,63H,7-11,13-17,24,26,28H2,1-5H3,(H,56,64,65)/t29-,33?,34?,35+,37?/m0/s1. The highest BCUT2D eigenvalue weighted by atomic mass is 19.1. The number of aliphatic hydroxyl groups excluding tert-OH is 1. The number of pyridine rings is 1. The Balaban J connectivity index is 0.833. The van der Waals surface area contributed by atoms with Gasteiger partial charge in [-0.3, -0.25) is 29.4 Å². The van der Waals surface area contributed by atoms with Crippen molar-refractivity contribution in [2.75, 3.05) is 68.1 Å². The normalized spacial score (nSPS) is 22.8. The minimum absolute atomic E-state index is 0.212. The van der Waals surface area contributed by atoms with Crippen LogP contribution in [0, 0.1) is 17.1 Å². The molecule has 358 valence electrons. The number of anilines is 3. The molecule has 1 aliphatic carbocycles. The highest BCUT2D eigenvalue weighted by Crippen LogP contribution is 2.37. The molecule has 1 aromatic carbocycles. The van der Waals surface area contributed by atoms with E-state index in [0.29, 0.717) is 89.6 Å². The van der Waals surface area contributed by atoms with Crippen molar-refractivity contribution in [2.24, 2.45) is 0 Å². The molecule has 9 rings (SSSR count). The second-order valence-electron chi connectivity index (χ2n) is 19.2. The Morgan fingerprint density at radius 3 is 2.41 bits per heavy atom. The van der Waals surface area contributed by atoms with Gasteiger partial charge in [0.1, 0.15) is 46.2 Å². The fourth-order valence-corrected chi connectivity index (χ4v) is 10.1. The van der Waals surface area contributed by atoms with Gasteiger partial charge < -0.3 is 29.7 Å². The molecule has 1 saturated carbocycles. The predicted molar refractivity (Wildman–Crippen MR) is 251 cm³/mol. The van der Waals surface area contributed by atoms with E-state index in [-0.39, 0.29) is 31.0 Å². The molecule has 19 nitrogen and oxygen atoms in total. The third-order valence-corrected chi connectivity index (χ3v) is 13.5. The molecule has 20 heteroatoms. The van der Waals surface area contributed by atoms with E-state index < -0.39 is 35.5 Å². The number of fused-ring (bicyclic) bond motifs is 1. The second kappa shape index (κ2) is 19.0. The molecule has 4 aromatic heterocycles. The monoisotopic (exact) mass is 931 g/mol. The summed E-state index contributed by atoms with van der Waals surface area (Å²) in [6.45, 7) is 11.0. The zero-order chi connectivity index (χ0) is 47.9. The molecular formula is C48H58FN13O6. The average Bonchev–Trinajstić information content (AvgIpc) is 4.00. The van der Waals surface area contributed by atoms with Gasteiger partial charge in [-0.05, 0) is 71.9 Å². The minimum Gasteiger partial charge on any atom is -0.495 e. The number of halogens is 1. The maximum atomic E-state index is 15.6. The largest absolute Gasteiger partial charge is 0.495 e. The number of carbonyl (C=O) groups excluding carboxylic acids is 3. The Kier molecular flexibility index (Phi) is 13.0. The Morgan fingerprint density at radius 2 is 1.74 bits per heavy atom. The molecule has 0 radical (unpaired) electrons. The van der Waals surface area contributed by atoms with Crippen LogP contribution in [-0.4, -0.2) is 145 Å². The number of imide groups is 1. The van der Waals surface area contributed by atoms with Crippen molar-refractivity contribution in [2.45, 2.75) is 102 Å². The van der Waals surface area contributed by atoms with Gasteiger partial charge in [0.25, 0.3) is 0 Å². The number of piperidine rings is 1. The van der Waals surface area contributed by atoms with Crippen LogP contribution in [0.3, 0.4) is 0 Å². The first-order valence-corrected chi connectivity index (χ1v) is 23.3. The molecule has 0 bridgehead atoms. The molecule has 3 N–H and O–H groups in total. The van der Waals surface area contributed by atoms with E-state index in [1.54, 1.807) is 21.7 Å². The number of aliphatic hydroxyl groups is 1. The van der Waals surface area contributed by atoms with Crippen LogP contribution in [-0.2, 0) is 14.3 Å². The molecule has 3 aliphatic heterocycles. The van der Waals surface area contributed by atoms with Gasteiger partial charge >= 0.3 is 6.09 Å². The third kappa shape index (κ3) is 9.49. The molecule has 0 spiro atoms. The van der Waals surface area contributed by atoms with Crippen molar-refractivity contribution in [3.63, 3.8) is 0 Å². The van der Waals surface area contributed by atoms with Gasteiger partial charge in [0.05, 0.1) is 73.2 Å². The zero-order valence-corrected chi connectivity index (χ0v) is 39.1. The van der Waals surface area contributed by atoms with E-state index in [1.165, 1.54) is 19.4 Å². The lowest BCUT2D eigenvalue weighted by Gasteiger charge is -2.45. The summed E-state index contributed by atoms with van der Waals surface area (Å²) < 4.78 is 30.6. The first kappa shape index (κ1) is 46.3. The van der Waals surface area contributed by atoms with Crippen molar-refractivity contribution >= 4 is 40.6 Å². The average molecular weight is 932 g/mol. The molecule has 3 saturated heterocycles. The molecule has 3 amide bonds. The molecule has 1 unspecified atom stereocenters. The van der Waals surface area contributed by atoms with Gasteiger partial charge in [-0.2, -0.15) is 15.5 Å². The number of hydrogen-bond donors (Lipinski definition) is 3. The van der Waals surface area contributed by atoms with Crippen molar-refractivity contribution in [3.05, 3.63) is 66.6 Å². The van der Waals surface area contributed by atoms with E-state index in [4.69, 9.17) is 24.5 Å². The van der Waals surface area contributed by atoms with Gasteiger partial charge in [-0.25, -0.2) is 23.7 Å². The van der Waals surface area contributed by atoms with Crippen LogP contribution in [0.4, 0.5) is 26.4 Å². The first-order valence-electron chi connectivity index (χ1n) is 23.3. The number of ether oxygens (including phenoxy) is 2. The molecular weight excluding hydrogens is 874 g/mol. The summed E-state index contributed by atoms with van der Waals surface area (Å²) in [6, 6.07) is 8.36. The van der Waals surface area contributed by atoms with E-state index in [2.05, 4.69) is 26.7 Å². The molecule has 3 atom stereocenters. The maximum absolute atomic E-state index is 15.6. The summed E-state index contributed by atoms with van der Waals surface area (Å²) in [5.74, 6) is -0.0333. The number of amides is 3. The Bertz CT molecular complexity index is 2710. The zero-order valence-electron chi connectivity index (χ0n) is 39.1. The van der Waals surface area contributed by atoms with Crippen LogP contribution in [0.25, 0.3) is 28.0 Å². The lowest BCUT2D eigenvalue weighted by atomic mass is 9.90. The van der Waals surface area contributed by atoms with Crippen LogP contribution < -0.4 is 25.2 Å². The van der Waals surface area contributed by atoms with Gasteiger partial charge in [-0.1, -0.05) is 0 Å². The number of rotatable bonds is 10. The summed E-state index contributed by atoms with van der Waals surface area (Å²) in [5, 5.41) is 35.0. The number of nitriles is 1. The quantitative estimate of drug-likeness (QED) is 0.157. The third-order valence-electron chi connectivity index (χ3n) is 13.5. The fourth-order valence-electron chi connectivity index (χ4n) is 10.1. The summed E-state index contributed by atoms with van der Waals surface area (Å²) in [4.78, 5) is 55.1. The molecule has 68 heavy (non-hydrogen) atoms. The van der Waals surface area contributed by atoms with Crippen LogP contribution >= 0.6 is 0 Å². The number of nitrogens with one attached hydrogen (secondary N) is 2. The van der Waals surface area contributed by atoms with Crippen molar-refractivity contribution < 1.29 is 33.4 Å². The molecule has 4 fully saturated rings. The summed E-state index contributed by atoms with van der Waals surface area (Å²) in [7, 11) is 1.51. The van der Waals surface area contributed by atoms with E-state index in [9.17, 15) is 24.8 Å². The first-order chi connectivity index (χ1) is 32.7. The maximum Gasteiger partial charge on any atom is 0.410 e. The number of hydrogen-bond acceptors (Lipinski definition) is 15. The second-order valence-corrected chi connectivity index (χ2v) is 19.2. The topological polar surface area (TPSA) is 212 Å². The smallest absolute Gasteiger partial charge is 0.410 e. The van der Waals surface area contributed by atoms with Crippen molar-refractivity contribution in [1.82, 2.24) is 44.5 Å². The number of carbonyl (C=O) groups is 3. The fraction of sp³-hybridized carbons (Fsp3) is 0.500. The van der Waals surface area contributed by atoms with E-state index in [0.717, 1.165) is 44.3 Å². The van der Waals surface area contributed by atoms with Crippen LogP contribution in [0.15, 0.2) is 55.2 Å². The number of aromatic nitrogens is 6. The molecule has 5 aromatic rings.